The molecule has 2 saturated heterocycles. The molecular weight excluding hydrogens is 254 g/mol. The predicted molar refractivity (Wildman–Crippen MR) is 74.7 cm³/mol. The highest BCUT2D eigenvalue weighted by Gasteiger charge is 2.54. The highest BCUT2D eigenvalue weighted by molar-refractivity contribution is 5.76. The van der Waals surface area contributed by atoms with Gasteiger partial charge in [-0.3, -0.25) is 4.79 Å². The number of hydrogen-bond acceptors (Lipinski definition) is 5. The van der Waals surface area contributed by atoms with Gasteiger partial charge in [0, 0.05) is 17.8 Å². The Morgan fingerprint density at radius 3 is 3.00 bits per heavy atom. The maximum absolute atomic E-state index is 12.4. The first-order chi connectivity index (χ1) is 9.71. The fraction of sp³-hybridized carbons (Fsp3) is 0.600. The number of hydrogen-bond donors (Lipinski definition) is 2. The second-order valence-corrected chi connectivity index (χ2v) is 5.98. The Balaban J connectivity index is 1.73. The fourth-order valence-electron chi connectivity index (χ4n) is 3.92. The molecule has 2 fully saturated rings. The van der Waals surface area contributed by atoms with Crippen molar-refractivity contribution in [1.82, 2.24) is 10.3 Å². The molecule has 2 N–H and O–H groups in total. The standard InChI is InChI=1S/C15H19N3O2/c1-2-20-14(19)11-4-3-9-5-6-15(11,18-9)12-7-10-8-13(16-10)17-12/h7-9,11,18H,2-6H2,1H3,(H,16,17). The van der Waals surface area contributed by atoms with Gasteiger partial charge >= 0.3 is 5.97 Å². The van der Waals surface area contributed by atoms with Crippen LogP contribution in [0.5, 0.6) is 0 Å². The molecular formula is C15H19N3O2. The van der Waals surface area contributed by atoms with Crippen LogP contribution in [0.4, 0.5) is 11.5 Å². The van der Waals surface area contributed by atoms with Crippen molar-refractivity contribution >= 4 is 17.5 Å². The van der Waals surface area contributed by atoms with Crippen LogP contribution in [0.3, 0.4) is 0 Å². The average molecular weight is 273 g/mol. The topological polar surface area (TPSA) is 63.2 Å². The van der Waals surface area contributed by atoms with Crippen LogP contribution in [0.2, 0.25) is 0 Å². The monoisotopic (exact) mass is 273 g/mol. The highest BCUT2D eigenvalue weighted by atomic mass is 16.5. The molecule has 0 amide bonds. The number of anilines is 2. The number of esters is 1. The van der Waals surface area contributed by atoms with Gasteiger partial charge in [0.05, 0.1) is 23.8 Å². The lowest BCUT2D eigenvalue weighted by Crippen LogP contribution is -2.54. The van der Waals surface area contributed by atoms with Crippen LogP contribution >= 0.6 is 0 Å². The molecule has 0 saturated carbocycles. The van der Waals surface area contributed by atoms with Crippen LogP contribution in [0, 0.1) is 5.92 Å². The van der Waals surface area contributed by atoms with E-state index in [0.29, 0.717) is 12.6 Å². The molecule has 20 heavy (non-hydrogen) atoms. The van der Waals surface area contributed by atoms with Gasteiger partial charge in [0.25, 0.3) is 0 Å². The molecule has 0 aliphatic carbocycles. The molecule has 0 radical (unpaired) electrons. The van der Waals surface area contributed by atoms with Crippen LogP contribution in [0.15, 0.2) is 12.1 Å². The van der Waals surface area contributed by atoms with E-state index in [4.69, 9.17) is 4.74 Å². The van der Waals surface area contributed by atoms with Crippen molar-refractivity contribution < 1.29 is 9.53 Å². The number of carbonyl (C=O) groups excluding carboxylic acids is 1. The lowest BCUT2D eigenvalue weighted by molar-refractivity contribution is -0.152. The molecule has 4 aliphatic heterocycles. The second kappa shape index (κ2) is 4.19. The Hall–Kier alpha value is -1.62. The van der Waals surface area contributed by atoms with Gasteiger partial charge in [0.15, 0.2) is 0 Å². The minimum atomic E-state index is -0.317. The lowest BCUT2D eigenvalue weighted by atomic mass is 9.76. The quantitative estimate of drug-likeness (QED) is 0.838. The van der Waals surface area contributed by atoms with Crippen LogP contribution in [-0.4, -0.2) is 23.6 Å². The van der Waals surface area contributed by atoms with Gasteiger partial charge in [-0.1, -0.05) is 0 Å². The second-order valence-electron chi connectivity index (χ2n) is 5.98. The van der Waals surface area contributed by atoms with Crippen LogP contribution < -0.4 is 10.6 Å². The third-order valence-electron chi connectivity index (χ3n) is 4.87. The first-order valence-electron chi connectivity index (χ1n) is 7.45. The molecule has 5 heteroatoms. The number of ether oxygens (including phenoxy) is 1. The molecule has 4 bridgehead atoms. The Bertz CT molecular complexity index is 554. The van der Waals surface area contributed by atoms with Gasteiger partial charge in [-0.05, 0) is 38.7 Å². The minimum Gasteiger partial charge on any atom is -0.466 e. The first-order valence-corrected chi connectivity index (χ1v) is 7.45. The third-order valence-corrected chi connectivity index (χ3v) is 4.87. The van der Waals surface area contributed by atoms with E-state index in [0.717, 1.165) is 42.9 Å². The van der Waals surface area contributed by atoms with Gasteiger partial charge in [0.1, 0.15) is 5.82 Å². The molecule has 1 aromatic rings. The summed E-state index contributed by atoms with van der Waals surface area (Å²) in [7, 11) is 0. The van der Waals surface area contributed by atoms with E-state index in [1.165, 1.54) is 0 Å². The van der Waals surface area contributed by atoms with Crippen LogP contribution in [0.1, 0.15) is 38.3 Å². The van der Waals surface area contributed by atoms with E-state index in [2.05, 4.69) is 21.7 Å². The van der Waals surface area contributed by atoms with Crippen molar-refractivity contribution in [2.24, 2.45) is 5.92 Å². The largest absolute Gasteiger partial charge is 0.466 e. The van der Waals surface area contributed by atoms with Gasteiger partial charge in [0.2, 0.25) is 0 Å². The van der Waals surface area contributed by atoms with Gasteiger partial charge in [-0.25, -0.2) is 4.98 Å². The first kappa shape index (κ1) is 12.1. The SMILES string of the molecule is CCOC(=O)C1CCC2CCC1(c1cc3cc(n1)N3)N2. The summed E-state index contributed by atoms with van der Waals surface area (Å²) in [6.07, 6.45) is 4.03. The fourth-order valence-corrected chi connectivity index (χ4v) is 3.92. The highest BCUT2D eigenvalue weighted by Crippen LogP contribution is 2.48. The average Bonchev–Trinajstić information content (AvgIpc) is 2.77. The number of pyridine rings is 1. The van der Waals surface area contributed by atoms with E-state index >= 15 is 0 Å². The molecule has 0 aromatic carbocycles. The number of fused-ring (bicyclic) bond motifs is 5. The van der Waals surface area contributed by atoms with Gasteiger partial charge < -0.3 is 15.4 Å². The van der Waals surface area contributed by atoms with Gasteiger partial charge in [-0.2, -0.15) is 0 Å². The summed E-state index contributed by atoms with van der Waals surface area (Å²) in [5.74, 6) is 0.711. The Labute approximate surface area is 118 Å². The third kappa shape index (κ3) is 1.59. The van der Waals surface area contributed by atoms with E-state index in [1.807, 2.05) is 13.0 Å². The number of carbonyl (C=O) groups is 1. The van der Waals surface area contributed by atoms with Crippen molar-refractivity contribution in [3.63, 3.8) is 0 Å². The molecule has 4 aliphatic rings. The molecule has 5 nitrogen and oxygen atoms in total. The van der Waals surface area contributed by atoms with E-state index < -0.39 is 0 Å². The smallest absolute Gasteiger partial charge is 0.311 e. The molecule has 5 heterocycles. The minimum absolute atomic E-state index is 0.0809. The summed E-state index contributed by atoms with van der Waals surface area (Å²) in [6.45, 7) is 2.30. The normalized spacial score (nSPS) is 33.2. The van der Waals surface area contributed by atoms with E-state index in [-0.39, 0.29) is 17.4 Å². The number of rotatable bonds is 3. The van der Waals surface area contributed by atoms with Crippen LogP contribution in [0.25, 0.3) is 0 Å². The van der Waals surface area contributed by atoms with E-state index in [1.54, 1.807) is 0 Å². The molecule has 3 unspecified atom stereocenters. The Morgan fingerprint density at radius 1 is 1.45 bits per heavy atom. The molecule has 5 rings (SSSR count). The van der Waals surface area contributed by atoms with Crippen molar-refractivity contribution in [2.75, 3.05) is 11.9 Å². The molecule has 0 spiro atoms. The zero-order chi connectivity index (χ0) is 13.7. The number of piperidine rings is 1. The molecule has 106 valence electrons. The van der Waals surface area contributed by atoms with Crippen molar-refractivity contribution in [3.05, 3.63) is 17.8 Å². The maximum atomic E-state index is 12.4. The molecule has 1 aromatic heterocycles. The lowest BCUT2D eigenvalue weighted by Gasteiger charge is -2.41. The zero-order valence-electron chi connectivity index (χ0n) is 11.6. The maximum Gasteiger partial charge on any atom is 0.311 e. The number of aromatic nitrogens is 1. The van der Waals surface area contributed by atoms with Gasteiger partial charge in [-0.15, -0.1) is 0 Å². The predicted octanol–water partition coefficient (Wildman–Crippen LogP) is 2.06. The summed E-state index contributed by atoms with van der Waals surface area (Å²) >= 11 is 0. The van der Waals surface area contributed by atoms with Crippen LogP contribution in [-0.2, 0) is 15.1 Å². The van der Waals surface area contributed by atoms with Crippen molar-refractivity contribution in [3.8, 4) is 0 Å². The number of nitrogens with zero attached hydrogens (tertiary/aromatic N) is 1. The Morgan fingerprint density at radius 2 is 2.30 bits per heavy atom. The number of nitrogens with one attached hydrogen (secondary N) is 2. The Kier molecular flexibility index (Phi) is 2.54. The molecule has 3 atom stereocenters. The summed E-state index contributed by atoms with van der Waals surface area (Å²) in [5, 5.41) is 6.84. The van der Waals surface area contributed by atoms with E-state index in [9.17, 15) is 4.79 Å². The zero-order valence-corrected chi connectivity index (χ0v) is 11.6. The van der Waals surface area contributed by atoms with Crippen molar-refractivity contribution in [2.45, 2.75) is 44.2 Å². The summed E-state index contributed by atoms with van der Waals surface area (Å²) in [5.41, 5.74) is 1.78. The summed E-state index contributed by atoms with van der Waals surface area (Å²) in [4.78, 5) is 17.0. The summed E-state index contributed by atoms with van der Waals surface area (Å²) in [6, 6.07) is 4.61. The van der Waals surface area contributed by atoms with Crippen molar-refractivity contribution in [1.29, 1.82) is 0 Å². The summed E-state index contributed by atoms with van der Waals surface area (Å²) < 4.78 is 5.30.